The molecule has 0 spiro atoms. The molecule has 3 aromatic carbocycles. The number of aromatic carboxylic acids is 1. The van der Waals surface area contributed by atoms with Gasteiger partial charge in [-0.2, -0.15) is 13.2 Å². The molecule has 11 heteroatoms. The second kappa shape index (κ2) is 10.3. The first-order valence-corrected chi connectivity index (χ1v) is 10.2. The molecule has 0 fully saturated rings. The quantitative estimate of drug-likeness (QED) is 0.199. The number of para-hydroxylation sites is 1. The van der Waals surface area contributed by atoms with Gasteiger partial charge in [-0.3, -0.25) is 10.2 Å². The van der Waals surface area contributed by atoms with Crippen LogP contribution in [0.4, 0.5) is 24.5 Å². The molecule has 0 aliphatic rings. The Kier molecular flexibility index (Phi) is 7.46. The fourth-order valence-electron chi connectivity index (χ4n) is 2.94. The molecule has 0 saturated carbocycles. The molecular weight excluding hydrogens is 487 g/mol. The van der Waals surface area contributed by atoms with E-state index >= 15 is 0 Å². The number of benzene rings is 3. The van der Waals surface area contributed by atoms with Crippen molar-refractivity contribution in [2.45, 2.75) is 6.18 Å². The van der Waals surface area contributed by atoms with Crippen molar-refractivity contribution >= 4 is 46.3 Å². The number of hydrogen-bond donors (Lipinski definition) is 5. The topological polar surface area (TPSA) is 123 Å². The van der Waals surface area contributed by atoms with E-state index in [1.807, 2.05) is 0 Å². The second-order valence-corrected chi connectivity index (χ2v) is 7.55. The van der Waals surface area contributed by atoms with E-state index < -0.39 is 23.8 Å². The third-order valence-electron chi connectivity index (χ3n) is 4.68. The van der Waals surface area contributed by atoms with Crippen LogP contribution in [0.15, 0.2) is 72.8 Å². The van der Waals surface area contributed by atoms with E-state index in [9.17, 15) is 33.0 Å². The van der Waals surface area contributed by atoms with Crippen LogP contribution in [0.5, 0.6) is 5.75 Å². The molecule has 0 unspecified atom stereocenters. The minimum atomic E-state index is -4.88. The molecule has 35 heavy (non-hydrogen) atoms. The highest BCUT2D eigenvalue weighted by Gasteiger charge is 2.33. The molecular formula is C24H17ClF3N3O4. The number of carboxylic acids is 1. The van der Waals surface area contributed by atoms with Gasteiger partial charge < -0.3 is 20.8 Å². The average Bonchev–Trinajstić information content (AvgIpc) is 2.80. The molecule has 3 aromatic rings. The second-order valence-electron chi connectivity index (χ2n) is 7.14. The Morgan fingerprint density at radius 1 is 0.914 bits per heavy atom. The highest BCUT2D eigenvalue weighted by atomic mass is 35.5. The number of halogens is 4. The highest BCUT2D eigenvalue weighted by Crippen LogP contribution is 2.28. The molecule has 3 rings (SSSR count). The van der Waals surface area contributed by atoms with Crippen LogP contribution in [-0.2, 0) is 0 Å². The van der Waals surface area contributed by atoms with Gasteiger partial charge in [0.25, 0.3) is 5.91 Å². The average molecular weight is 504 g/mol. The number of nitrogens with one attached hydrogen (secondary N) is 3. The summed E-state index contributed by atoms with van der Waals surface area (Å²) in [5, 5.41) is 31.5. The zero-order valence-electron chi connectivity index (χ0n) is 17.7. The van der Waals surface area contributed by atoms with Crippen LogP contribution in [0.1, 0.15) is 26.3 Å². The normalized spacial score (nSPS) is 11.6. The molecule has 5 N–H and O–H groups in total. The minimum Gasteiger partial charge on any atom is -0.508 e. The Labute approximate surface area is 202 Å². The Morgan fingerprint density at radius 2 is 1.54 bits per heavy atom. The van der Waals surface area contributed by atoms with Gasteiger partial charge in [-0.05, 0) is 54.1 Å². The van der Waals surface area contributed by atoms with Crippen LogP contribution < -0.4 is 10.6 Å². The number of phenolic OH excluding ortho intramolecular Hbond substituents is 1. The third-order valence-corrected chi connectivity index (χ3v) is 5.01. The molecule has 0 saturated heterocycles. The lowest BCUT2D eigenvalue weighted by atomic mass is 10.1. The summed E-state index contributed by atoms with van der Waals surface area (Å²) in [4.78, 5) is 24.0. The van der Waals surface area contributed by atoms with E-state index in [1.165, 1.54) is 36.4 Å². The molecule has 0 aliphatic carbocycles. The SMILES string of the molecule is N=C(/C=C(\Nc1ccccc1Cl)c1ccc(C(=O)Nc2ccc(O)cc2C(=O)O)cc1)C(F)(F)F. The van der Waals surface area contributed by atoms with Gasteiger partial charge in [-0.1, -0.05) is 35.9 Å². The van der Waals surface area contributed by atoms with Crippen LogP contribution in [0.2, 0.25) is 5.02 Å². The first-order chi connectivity index (χ1) is 16.5. The fraction of sp³-hybridized carbons (Fsp3) is 0.0417. The number of anilines is 2. The Hall–Kier alpha value is -4.31. The number of carbonyl (C=O) groups excluding carboxylic acids is 1. The van der Waals surface area contributed by atoms with Gasteiger partial charge in [0.1, 0.15) is 11.5 Å². The van der Waals surface area contributed by atoms with E-state index in [1.54, 1.807) is 24.3 Å². The number of phenols is 1. The Morgan fingerprint density at radius 3 is 2.14 bits per heavy atom. The van der Waals surface area contributed by atoms with Crippen molar-refractivity contribution in [3.8, 4) is 5.75 Å². The summed E-state index contributed by atoms with van der Waals surface area (Å²) < 4.78 is 39.0. The predicted octanol–water partition coefficient (Wildman–Crippen LogP) is 6.03. The van der Waals surface area contributed by atoms with Gasteiger partial charge in [0.05, 0.1) is 22.0 Å². The van der Waals surface area contributed by atoms with Crippen LogP contribution in [0, 0.1) is 5.41 Å². The maximum Gasteiger partial charge on any atom is 0.432 e. The molecule has 0 aromatic heterocycles. The maximum absolute atomic E-state index is 13.0. The largest absolute Gasteiger partial charge is 0.508 e. The van der Waals surface area contributed by atoms with Crippen molar-refractivity contribution < 1.29 is 33.0 Å². The summed E-state index contributed by atoms with van der Waals surface area (Å²) in [7, 11) is 0. The summed E-state index contributed by atoms with van der Waals surface area (Å²) in [6.07, 6.45) is -4.27. The van der Waals surface area contributed by atoms with Crippen molar-refractivity contribution in [1.82, 2.24) is 0 Å². The standard InChI is InChI=1S/C24H17ClF3N3O4/c25-17-3-1-2-4-19(17)30-20(12-21(29)24(26,27)28)13-5-7-14(8-6-13)22(33)31-18-10-9-15(32)11-16(18)23(34)35/h1-12,29-30,32H,(H,31,33)(H,34,35)/b20-12-,29-21?. The highest BCUT2D eigenvalue weighted by molar-refractivity contribution is 6.33. The van der Waals surface area contributed by atoms with Crippen LogP contribution >= 0.6 is 11.6 Å². The fourth-order valence-corrected chi connectivity index (χ4v) is 3.12. The van der Waals surface area contributed by atoms with Crippen molar-refractivity contribution in [1.29, 1.82) is 5.41 Å². The van der Waals surface area contributed by atoms with E-state index in [0.29, 0.717) is 11.8 Å². The molecule has 0 aliphatic heterocycles. The summed E-state index contributed by atoms with van der Waals surface area (Å²) >= 11 is 6.09. The number of amides is 1. The summed E-state index contributed by atoms with van der Waals surface area (Å²) in [5.41, 5.74) is -1.43. The monoisotopic (exact) mass is 503 g/mol. The Balaban J connectivity index is 1.90. The van der Waals surface area contributed by atoms with Crippen molar-refractivity contribution in [2.24, 2.45) is 0 Å². The van der Waals surface area contributed by atoms with E-state index in [2.05, 4.69) is 10.6 Å². The lowest BCUT2D eigenvalue weighted by Crippen LogP contribution is -2.20. The molecule has 0 heterocycles. The van der Waals surface area contributed by atoms with Gasteiger partial charge in [-0.25, -0.2) is 4.79 Å². The van der Waals surface area contributed by atoms with Crippen molar-refractivity contribution in [3.63, 3.8) is 0 Å². The number of carbonyl (C=O) groups is 2. The number of hydrogen-bond acceptors (Lipinski definition) is 5. The molecule has 1 amide bonds. The number of allylic oxidation sites excluding steroid dienone is 1. The molecule has 0 atom stereocenters. The molecule has 0 radical (unpaired) electrons. The van der Waals surface area contributed by atoms with E-state index in [4.69, 9.17) is 17.0 Å². The van der Waals surface area contributed by atoms with E-state index in [0.717, 1.165) is 6.07 Å². The van der Waals surface area contributed by atoms with Gasteiger partial charge in [0.15, 0.2) is 0 Å². The third kappa shape index (κ3) is 6.39. The van der Waals surface area contributed by atoms with Gasteiger partial charge >= 0.3 is 12.1 Å². The molecule has 0 bridgehead atoms. The number of rotatable bonds is 7. The number of aromatic hydroxyl groups is 1. The maximum atomic E-state index is 13.0. The Bertz CT molecular complexity index is 1320. The first kappa shape index (κ1) is 25.3. The predicted molar refractivity (Wildman–Crippen MR) is 126 cm³/mol. The van der Waals surface area contributed by atoms with Crippen LogP contribution in [-0.4, -0.2) is 34.0 Å². The van der Waals surface area contributed by atoms with Crippen molar-refractivity contribution in [3.05, 3.63) is 94.5 Å². The molecule has 7 nitrogen and oxygen atoms in total. The van der Waals surface area contributed by atoms with Gasteiger partial charge in [0.2, 0.25) is 0 Å². The lowest BCUT2D eigenvalue weighted by molar-refractivity contribution is -0.0584. The van der Waals surface area contributed by atoms with Crippen molar-refractivity contribution in [2.75, 3.05) is 10.6 Å². The van der Waals surface area contributed by atoms with Crippen LogP contribution in [0.3, 0.4) is 0 Å². The summed E-state index contributed by atoms with van der Waals surface area (Å²) in [6.45, 7) is 0. The first-order valence-electron chi connectivity index (χ1n) is 9.83. The zero-order valence-corrected chi connectivity index (χ0v) is 18.4. The lowest BCUT2D eigenvalue weighted by Gasteiger charge is -2.15. The van der Waals surface area contributed by atoms with Crippen LogP contribution in [0.25, 0.3) is 5.70 Å². The molecule has 180 valence electrons. The number of alkyl halides is 3. The summed E-state index contributed by atoms with van der Waals surface area (Å²) in [6, 6.07) is 15.1. The minimum absolute atomic E-state index is 0.0519. The smallest absolute Gasteiger partial charge is 0.432 e. The van der Waals surface area contributed by atoms with E-state index in [-0.39, 0.29) is 38.8 Å². The van der Waals surface area contributed by atoms with Gasteiger partial charge in [-0.15, -0.1) is 0 Å². The zero-order chi connectivity index (χ0) is 25.8. The number of carboxylic acid groups (broad SMARTS) is 1. The van der Waals surface area contributed by atoms with Gasteiger partial charge in [0, 0.05) is 11.3 Å². The summed E-state index contributed by atoms with van der Waals surface area (Å²) in [5.74, 6) is -2.34.